The number of hydrogen-bond donors (Lipinski definition) is 2. The van der Waals surface area contributed by atoms with E-state index < -0.39 is 0 Å². The Bertz CT molecular complexity index is 665. The lowest BCUT2D eigenvalue weighted by atomic mass is 9.74. The van der Waals surface area contributed by atoms with Crippen molar-refractivity contribution in [2.75, 3.05) is 46.6 Å². The molecule has 0 spiro atoms. The van der Waals surface area contributed by atoms with Gasteiger partial charge >= 0.3 is 0 Å². The van der Waals surface area contributed by atoms with Gasteiger partial charge in [0, 0.05) is 62.0 Å². The highest BCUT2D eigenvalue weighted by Crippen LogP contribution is 2.39. The Kier molecular flexibility index (Phi) is 10.8. The molecule has 0 amide bonds. The molecule has 29 heavy (non-hydrogen) atoms. The van der Waals surface area contributed by atoms with Gasteiger partial charge in [0.15, 0.2) is 5.96 Å². The normalized spacial score (nSPS) is 18.8. The van der Waals surface area contributed by atoms with Crippen LogP contribution in [0.1, 0.15) is 37.7 Å². The molecular weight excluding hydrogens is 524 g/mol. The molecule has 2 N–H and O–H groups in total. The summed E-state index contributed by atoms with van der Waals surface area (Å²) in [5.74, 6) is 1.62. The van der Waals surface area contributed by atoms with Crippen LogP contribution in [0, 0.1) is 5.92 Å². The van der Waals surface area contributed by atoms with Gasteiger partial charge in [0.25, 0.3) is 0 Å². The van der Waals surface area contributed by atoms with E-state index in [2.05, 4.69) is 15.6 Å². The molecule has 0 unspecified atom stereocenters. The number of aliphatic imine (C=N–C) groups is 1. The van der Waals surface area contributed by atoms with Crippen molar-refractivity contribution in [1.82, 2.24) is 10.6 Å². The SMILES string of the molecule is CN=C(NCCCOCC1CC1)NCC1(c2ccc(Cl)cc2Cl)CCOCC1.I. The number of nitrogens with one attached hydrogen (secondary N) is 2. The fourth-order valence-electron chi connectivity index (χ4n) is 3.61. The van der Waals surface area contributed by atoms with E-state index in [-0.39, 0.29) is 29.4 Å². The van der Waals surface area contributed by atoms with Crippen LogP contribution in [0.15, 0.2) is 23.2 Å². The summed E-state index contributed by atoms with van der Waals surface area (Å²) in [5, 5.41) is 8.24. The van der Waals surface area contributed by atoms with E-state index in [4.69, 9.17) is 32.7 Å². The molecule has 0 radical (unpaired) electrons. The van der Waals surface area contributed by atoms with Crippen molar-refractivity contribution in [1.29, 1.82) is 0 Å². The molecule has 0 aromatic heterocycles. The topological polar surface area (TPSA) is 54.9 Å². The first kappa shape index (κ1) is 25.0. The van der Waals surface area contributed by atoms with Crippen molar-refractivity contribution in [3.8, 4) is 0 Å². The van der Waals surface area contributed by atoms with Gasteiger partial charge in [0.1, 0.15) is 0 Å². The van der Waals surface area contributed by atoms with Crippen molar-refractivity contribution >= 4 is 53.1 Å². The highest BCUT2D eigenvalue weighted by atomic mass is 127. The van der Waals surface area contributed by atoms with Gasteiger partial charge in [-0.15, -0.1) is 24.0 Å². The number of halogens is 3. The molecule has 2 fully saturated rings. The van der Waals surface area contributed by atoms with Crippen molar-refractivity contribution in [2.45, 2.75) is 37.5 Å². The Morgan fingerprint density at radius 3 is 2.66 bits per heavy atom. The Labute approximate surface area is 201 Å². The maximum atomic E-state index is 6.55. The van der Waals surface area contributed by atoms with Crippen LogP contribution in [0.3, 0.4) is 0 Å². The first-order valence-corrected chi connectivity index (χ1v) is 10.9. The van der Waals surface area contributed by atoms with Crippen LogP contribution >= 0.6 is 47.2 Å². The zero-order valence-electron chi connectivity index (χ0n) is 17.0. The molecule has 1 aromatic rings. The second-order valence-electron chi connectivity index (χ2n) is 7.74. The summed E-state index contributed by atoms with van der Waals surface area (Å²) in [6, 6.07) is 5.78. The number of rotatable bonds is 9. The average molecular weight is 556 g/mol. The molecule has 1 saturated heterocycles. The molecule has 2 aliphatic rings. The van der Waals surface area contributed by atoms with Crippen LogP contribution in [-0.2, 0) is 14.9 Å². The van der Waals surface area contributed by atoms with Crippen LogP contribution in [0.2, 0.25) is 10.0 Å². The lowest BCUT2D eigenvalue weighted by Crippen LogP contribution is -2.48. The summed E-state index contributed by atoms with van der Waals surface area (Å²) in [7, 11) is 1.80. The standard InChI is InChI=1S/C21H31Cl2N3O2.HI/c1-24-20(25-9-2-10-28-14-16-3-4-16)26-15-21(7-11-27-12-8-21)18-6-5-17(22)13-19(18)23;/h5-6,13,16H,2-4,7-12,14-15H2,1H3,(H2,24,25,26);1H. The number of guanidine groups is 1. The quantitative estimate of drug-likeness (QED) is 0.202. The molecule has 0 atom stereocenters. The van der Waals surface area contributed by atoms with Crippen LogP contribution in [-0.4, -0.2) is 52.5 Å². The lowest BCUT2D eigenvalue weighted by molar-refractivity contribution is 0.0514. The molecule has 3 rings (SSSR count). The fourth-order valence-corrected chi connectivity index (χ4v) is 4.22. The van der Waals surface area contributed by atoms with Crippen molar-refractivity contribution in [3.63, 3.8) is 0 Å². The highest BCUT2D eigenvalue weighted by Gasteiger charge is 2.36. The highest BCUT2D eigenvalue weighted by molar-refractivity contribution is 14.0. The molecular formula is C21H32Cl2IN3O2. The largest absolute Gasteiger partial charge is 0.381 e. The summed E-state index contributed by atoms with van der Waals surface area (Å²) in [4.78, 5) is 4.36. The molecule has 1 saturated carbocycles. The molecule has 1 aliphatic heterocycles. The van der Waals surface area contributed by atoms with Crippen LogP contribution in [0.25, 0.3) is 0 Å². The lowest BCUT2D eigenvalue weighted by Gasteiger charge is -2.39. The molecule has 1 heterocycles. The van der Waals surface area contributed by atoms with Gasteiger partial charge < -0.3 is 20.1 Å². The van der Waals surface area contributed by atoms with Gasteiger partial charge in [0.2, 0.25) is 0 Å². The third-order valence-corrected chi connectivity index (χ3v) is 6.13. The van der Waals surface area contributed by atoms with Crippen LogP contribution in [0.5, 0.6) is 0 Å². The van der Waals surface area contributed by atoms with E-state index in [1.807, 2.05) is 18.2 Å². The Morgan fingerprint density at radius 2 is 2.00 bits per heavy atom. The Hall–Kier alpha value is -0.280. The zero-order chi connectivity index (χ0) is 19.8. The van der Waals surface area contributed by atoms with Crippen LogP contribution < -0.4 is 10.6 Å². The van der Waals surface area contributed by atoms with Gasteiger partial charge in [-0.25, -0.2) is 0 Å². The predicted octanol–water partition coefficient (Wildman–Crippen LogP) is 4.64. The minimum Gasteiger partial charge on any atom is -0.381 e. The van der Waals surface area contributed by atoms with E-state index in [0.717, 1.165) is 76.2 Å². The summed E-state index contributed by atoms with van der Waals surface area (Å²) >= 11 is 12.6. The van der Waals surface area contributed by atoms with Crippen molar-refractivity contribution < 1.29 is 9.47 Å². The maximum Gasteiger partial charge on any atom is 0.191 e. The summed E-state index contributed by atoms with van der Waals surface area (Å²) in [6.45, 7) is 4.75. The van der Waals surface area contributed by atoms with Crippen molar-refractivity contribution in [3.05, 3.63) is 33.8 Å². The minimum atomic E-state index is -0.0923. The predicted molar refractivity (Wildman–Crippen MR) is 131 cm³/mol. The first-order valence-electron chi connectivity index (χ1n) is 10.2. The third-order valence-electron chi connectivity index (χ3n) is 5.58. The van der Waals surface area contributed by atoms with E-state index in [1.165, 1.54) is 12.8 Å². The number of nitrogens with zero attached hydrogens (tertiary/aromatic N) is 1. The second kappa shape index (κ2) is 12.5. The third kappa shape index (κ3) is 7.73. The molecule has 0 bridgehead atoms. The van der Waals surface area contributed by atoms with Gasteiger partial charge in [-0.3, -0.25) is 4.99 Å². The van der Waals surface area contributed by atoms with Gasteiger partial charge in [-0.1, -0.05) is 29.3 Å². The van der Waals surface area contributed by atoms with E-state index in [0.29, 0.717) is 10.0 Å². The maximum absolute atomic E-state index is 6.55. The molecule has 1 aliphatic carbocycles. The zero-order valence-corrected chi connectivity index (χ0v) is 20.9. The monoisotopic (exact) mass is 555 g/mol. The van der Waals surface area contributed by atoms with Gasteiger partial charge in [-0.05, 0) is 55.7 Å². The number of ether oxygens (including phenoxy) is 2. The van der Waals surface area contributed by atoms with E-state index >= 15 is 0 Å². The summed E-state index contributed by atoms with van der Waals surface area (Å²) < 4.78 is 11.3. The van der Waals surface area contributed by atoms with Crippen LogP contribution in [0.4, 0.5) is 0 Å². The van der Waals surface area contributed by atoms with Crippen molar-refractivity contribution in [2.24, 2.45) is 10.9 Å². The Balaban J connectivity index is 0.00000300. The summed E-state index contributed by atoms with van der Waals surface area (Å²) in [6.07, 6.45) is 5.45. The Morgan fingerprint density at radius 1 is 1.24 bits per heavy atom. The molecule has 164 valence electrons. The minimum absolute atomic E-state index is 0. The van der Waals surface area contributed by atoms with E-state index in [1.54, 1.807) is 7.05 Å². The average Bonchev–Trinajstić information content (AvgIpc) is 3.52. The number of hydrogen-bond acceptors (Lipinski definition) is 3. The number of benzene rings is 1. The van der Waals surface area contributed by atoms with Gasteiger partial charge in [0.05, 0.1) is 0 Å². The molecule has 8 heteroatoms. The second-order valence-corrected chi connectivity index (χ2v) is 8.58. The fraction of sp³-hybridized carbons (Fsp3) is 0.667. The molecule has 1 aromatic carbocycles. The van der Waals surface area contributed by atoms with Gasteiger partial charge in [-0.2, -0.15) is 0 Å². The smallest absolute Gasteiger partial charge is 0.191 e. The first-order chi connectivity index (χ1) is 13.6. The van der Waals surface area contributed by atoms with E-state index in [9.17, 15) is 0 Å². The molecule has 5 nitrogen and oxygen atoms in total. The summed E-state index contributed by atoms with van der Waals surface area (Å²) in [5.41, 5.74) is 1.03.